The van der Waals surface area contributed by atoms with Gasteiger partial charge < -0.3 is 0 Å². The Hall–Kier alpha value is -2.34. The van der Waals surface area contributed by atoms with E-state index in [1.165, 1.54) is 11.3 Å². The number of hydrogen-bond acceptors (Lipinski definition) is 5. The normalized spacial score (nSPS) is 10.4. The third-order valence-corrected chi connectivity index (χ3v) is 3.06. The van der Waals surface area contributed by atoms with Crippen LogP contribution in [-0.4, -0.2) is 21.1 Å². The minimum Gasteiger partial charge on any atom is -0.296 e. The zero-order valence-electron chi connectivity index (χ0n) is 9.20. The molecule has 0 unspecified atom stereocenters. The van der Waals surface area contributed by atoms with Gasteiger partial charge >= 0.3 is 0 Å². The number of para-hydroxylation sites is 1. The molecule has 6 heteroatoms. The van der Waals surface area contributed by atoms with E-state index in [0.29, 0.717) is 16.2 Å². The first-order chi connectivity index (χ1) is 8.84. The van der Waals surface area contributed by atoms with Gasteiger partial charge in [0.05, 0.1) is 11.1 Å². The summed E-state index contributed by atoms with van der Waals surface area (Å²) in [5.74, 6) is -0.226. The molecule has 5 nitrogen and oxygen atoms in total. The van der Waals surface area contributed by atoms with Gasteiger partial charge in [-0.1, -0.05) is 29.5 Å². The maximum Gasteiger partial charge on any atom is 0.259 e. The number of anilines is 1. The number of nitrogens with one attached hydrogen (secondary N) is 1. The van der Waals surface area contributed by atoms with Gasteiger partial charge in [-0.15, -0.1) is 10.2 Å². The Balaban J connectivity index is 2.01. The number of carbonyl (C=O) groups excluding carboxylic acids is 1. The van der Waals surface area contributed by atoms with Gasteiger partial charge in [0.2, 0.25) is 5.13 Å². The van der Waals surface area contributed by atoms with Gasteiger partial charge in [0.25, 0.3) is 5.91 Å². The van der Waals surface area contributed by atoms with Gasteiger partial charge in [0.15, 0.2) is 0 Å². The second kappa shape index (κ2) is 4.50. The molecule has 1 amide bonds. The largest absolute Gasteiger partial charge is 0.296 e. The Morgan fingerprint density at radius 3 is 2.94 bits per heavy atom. The summed E-state index contributed by atoms with van der Waals surface area (Å²) in [6.45, 7) is 0. The maximum atomic E-state index is 12.1. The van der Waals surface area contributed by atoms with Crippen LogP contribution in [0, 0.1) is 0 Å². The predicted molar refractivity (Wildman–Crippen MR) is 69.6 cm³/mol. The quantitative estimate of drug-likeness (QED) is 0.764. The van der Waals surface area contributed by atoms with Crippen LogP contribution in [-0.2, 0) is 0 Å². The van der Waals surface area contributed by atoms with E-state index in [9.17, 15) is 4.79 Å². The number of hydrogen-bond donors (Lipinski definition) is 1. The van der Waals surface area contributed by atoms with Crippen LogP contribution >= 0.6 is 11.3 Å². The highest BCUT2D eigenvalue weighted by Crippen LogP contribution is 2.18. The molecular weight excluding hydrogens is 248 g/mol. The van der Waals surface area contributed by atoms with E-state index in [1.807, 2.05) is 24.3 Å². The first-order valence-corrected chi connectivity index (χ1v) is 6.14. The van der Waals surface area contributed by atoms with Crippen LogP contribution in [0.1, 0.15) is 10.4 Å². The van der Waals surface area contributed by atoms with Crippen molar-refractivity contribution in [1.29, 1.82) is 0 Å². The van der Waals surface area contributed by atoms with E-state index in [4.69, 9.17) is 0 Å². The van der Waals surface area contributed by atoms with Crippen LogP contribution < -0.4 is 5.32 Å². The van der Waals surface area contributed by atoms with Crippen LogP contribution in [0.4, 0.5) is 5.13 Å². The van der Waals surface area contributed by atoms with E-state index in [2.05, 4.69) is 20.5 Å². The van der Waals surface area contributed by atoms with Crippen molar-refractivity contribution in [3.8, 4) is 0 Å². The molecule has 1 N–H and O–H groups in total. The van der Waals surface area contributed by atoms with E-state index in [-0.39, 0.29) is 5.91 Å². The highest BCUT2D eigenvalue weighted by molar-refractivity contribution is 7.13. The molecule has 0 radical (unpaired) electrons. The molecule has 3 rings (SSSR count). The number of pyridine rings is 1. The van der Waals surface area contributed by atoms with Crippen molar-refractivity contribution in [1.82, 2.24) is 15.2 Å². The predicted octanol–water partition coefficient (Wildman–Crippen LogP) is 2.34. The van der Waals surface area contributed by atoms with Crippen LogP contribution in [0.3, 0.4) is 0 Å². The fraction of sp³-hybridized carbons (Fsp3) is 0. The van der Waals surface area contributed by atoms with E-state index in [0.717, 1.165) is 5.39 Å². The number of aromatic nitrogens is 3. The monoisotopic (exact) mass is 256 g/mol. The van der Waals surface area contributed by atoms with Gasteiger partial charge in [-0.3, -0.25) is 15.1 Å². The molecule has 0 spiro atoms. The molecule has 0 aliphatic heterocycles. The molecule has 0 saturated heterocycles. The summed E-state index contributed by atoms with van der Waals surface area (Å²) in [5, 5.41) is 11.6. The molecule has 2 heterocycles. The Labute approximate surface area is 107 Å². The Morgan fingerprint density at radius 1 is 1.22 bits per heavy atom. The van der Waals surface area contributed by atoms with Crippen LogP contribution in [0.15, 0.2) is 42.0 Å². The lowest BCUT2D eigenvalue weighted by molar-refractivity contribution is 0.102. The van der Waals surface area contributed by atoms with E-state index in [1.54, 1.807) is 17.8 Å². The molecule has 1 aromatic carbocycles. The second-order valence-corrected chi connectivity index (χ2v) is 4.41. The van der Waals surface area contributed by atoms with Crippen molar-refractivity contribution in [2.24, 2.45) is 0 Å². The molecule has 0 bridgehead atoms. The minimum atomic E-state index is -0.226. The molecule has 0 aliphatic rings. The third kappa shape index (κ3) is 1.93. The number of fused-ring (bicyclic) bond motifs is 1. The second-order valence-electron chi connectivity index (χ2n) is 3.58. The van der Waals surface area contributed by atoms with E-state index >= 15 is 0 Å². The maximum absolute atomic E-state index is 12.1. The molecule has 88 valence electrons. The van der Waals surface area contributed by atoms with Crippen molar-refractivity contribution in [3.05, 3.63) is 47.6 Å². The smallest absolute Gasteiger partial charge is 0.259 e. The summed E-state index contributed by atoms with van der Waals surface area (Å²) in [6.07, 6.45) is 1.67. The lowest BCUT2D eigenvalue weighted by Crippen LogP contribution is -2.12. The van der Waals surface area contributed by atoms with Crippen LogP contribution in [0.5, 0.6) is 0 Å². The van der Waals surface area contributed by atoms with Crippen molar-refractivity contribution in [2.45, 2.75) is 0 Å². The molecule has 0 saturated carbocycles. The molecule has 18 heavy (non-hydrogen) atoms. The summed E-state index contributed by atoms with van der Waals surface area (Å²) in [4.78, 5) is 16.4. The highest BCUT2D eigenvalue weighted by Gasteiger charge is 2.11. The average Bonchev–Trinajstić information content (AvgIpc) is 2.91. The van der Waals surface area contributed by atoms with E-state index < -0.39 is 0 Å². The minimum absolute atomic E-state index is 0.226. The number of rotatable bonds is 2. The molecule has 2 aromatic heterocycles. The topological polar surface area (TPSA) is 67.8 Å². The van der Waals surface area contributed by atoms with Gasteiger partial charge in [-0.2, -0.15) is 0 Å². The molecule has 0 fully saturated rings. The average molecular weight is 256 g/mol. The Kier molecular flexibility index (Phi) is 2.70. The van der Waals surface area contributed by atoms with Gasteiger partial charge in [0.1, 0.15) is 5.51 Å². The standard InChI is InChI=1S/C12H8N4OS/c17-11(15-12-16-14-7-18-12)9-5-1-3-8-4-2-6-13-10(8)9/h1-7H,(H,15,16,17). The summed E-state index contributed by atoms with van der Waals surface area (Å²) in [5.41, 5.74) is 2.78. The first kappa shape index (κ1) is 10.8. The van der Waals surface area contributed by atoms with Crippen molar-refractivity contribution in [2.75, 3.05) is 5.32 Å². The van der Waals surface area contributed by atoms with Crippen LogP contribution in [0.2, 0.25) is 0 Å². The fourth-order valence-corrected chi connectivity index (χ4v) is 2.12. The number of benzene rings is 1. The zero-order chi connectivity index (χ0) is 12.4. The summed E-state index contributed by atoms with van der Waals surface area (Å²) in [6, 6.07) is 9.26. The lowest BCUT2D eigenvalue weighted by atomic mass is 10.1. The van der Waals surface area contributed by atoms with Gasteiger partial charge in [-0.05, 0) is 12.1 Å². The molecule has 3 aromatic rings. The Bertz CT molecular complexity index is 691. The molecule has 0 aliphatic carbocycles. The molecular formula is C12H8N4OS. The summed E-state index contributed by atoms with van der Waals surface area (Å²) in [7, 11) is 0. The summed E-state index contributed by atoms with van der Waals surface area (Å²) < 4.78 is 0. The van der Waals surface area contributed by atoms with Crippen molar-refractivity contribution in [3.63, 3.8) is 0 Å². The zero-order valence-corrected chi connectivity index (χ0v) is 10.0. The lowest BCUT2D eigenvalue weighted by Gasteiger charge is -2.04. The van der Waals surface area contributed by atoms with Crippen molar-refractivity contribution < 1.29 is 4.79 Å². The summed E-state index contributed by atoms with van der Waals surface area (Å²) >= 11 is 1.28. The highest BCUT2D eigenvalue weighted by atomic mass is 32.1. The number of amides is 1. The third-order valence-electron chi connectivity index (χ3n) is 2.46. The molecule has 0 atom stereocenters. The number of nitrogens with zero attached hydrogens (tertiary/aromatic N) is 3. The number of carbonyl (C=O) groups is 1. The fourth-order valence-electron chi connectivity index (χ4n) is 1.68. The SMILES string of the molecule is O=C(Nc1nncs1)c1cccc2cccnc12. The van der Waals surface area contributed by atoms with Crippen molar-refractivity contribution >= 4 is 33.3 Å². The van der Waals surface area contributed by atoms with Gasteiger partial charge in [-0.25, -0.2) is 0 Å². The van der Waals surface area contributed by atoms with Gasteiger partial charge in [0, 0.05) is 11.6 Å². The first-order valence-electron chi connectivity index (χ1n) is 5.26. The Morgan fingerprint density at radius 2 is 2.11 bits per heavy atom. The van der Waals surface area contributed by atoms with Crippen LogP contribution in [0.25, 0.3) is 10.9 Å².